The quantitative estimate of drug-likeness (QED) is 0.605. The van der Waals surface area contributed by atoms with Gasteiger partial charge in [-0.05, 0) is 33.6 Å². The van der Waals surface area contributed by atoms with Gasteiger partial charge in [0.2, 0.25) is 5.91 Å². The maximum Gasteiger partial charge on any atom is 0.303 e. The lowest BCUT2D eigenvalue weighted by molar-refractivity contribution is -0.137. The summed E-state index contributed by atoms with van der Waals surface area (Å²) in [5.41, 5.74) is 5.41. The first kappa shape index (κ1) is 14.9. The van der Waals surface area contributed by atoms with Gasteiger partial charge in [-0.25, -0.2) is 0 Å². The molecule has 0 heterocycles. The maximum absolute atomic E-state index is 11.4. The molecule has 0 aromatic heterocycles. The molecule has 0 aliphatic carbocycles. The molecule has 0 rings (SSSR count). The summed E-state index contributed by atoms with van der Waals surface area (Å²) in [5, 5.41) is 11.2. The fourth-order valence-electron chi connectivity index (χ4n) is 1.19. The van der Waals surface area contributed by atoms with E-state index in [9.17, 15) is 9.59 Å². The van der Waals surface area contributed by atoms with E-state index in [-0.39, 0.29) is 23.9 Å². The van der Waals surface area contributed by atoms with Crippen molar-refractivity contribution < 1.29 is 14.7 Å². The Labute approximate surface area is 96.4 Å². The van der Waals surface area contributed by atoms with Crippen molar-refractivity contribution in [3.63, 3.8) is 0 Å². The topological polar surface area (TPSA) is 92.4 Å². The minimum absolute atomic E-state index is 0.0728. The fraction of sp³-hybridized carbons (Fsp3) is 0.818. The second-order valence-electron chi connectivity index (χ2n) is 4.89. The van der Waals surface area contributed by atoms with E-state index in [0.717, 1.165) is 0 Å². The Morgan fingerprint density at radius 1 is 1.38 bits per heavy atom. The fourth-order valence-corrected chi connectivity index (χ4v) is 1.19. The third-order valence-electron chi connectivity index (χ3n) is 2.20. The number of hydrogen-bond acceptors (Lipinski definition) is 3. The number of nitrogens with two attached hydrogens (primary N) is 1. The number of amides is 1. The van der Waals surface area contributed by atoms with Gasteiger partial charge in [0.1, 0.15) is 0 Å². The molecule has 1 atom stereocenters. The Morgan fingerprint density at radius 3 is 2.38 bits per heavy atom. The van der Waals surface area contributed by atoms with Crippen molar-refractivity contribution in [3.05, 3.63) is 0 Å². The summed E-state index contributed by atoms with van der Waals surface area (Å²) in [5.74, 6) is -0.916. The smallest absolute Gasteiger partial charge is 0.303 e. The predicted octanol–water partition coefficient (Wildman–Crippen LogP) is 0.873. The van der Waals surface area contributed by atoms with Crippen LogP contribution in [0.4, 0.5) is 0 Å². The zero-order valence-electron chi connectivity index (χ0n) is 10.2. The first-order chi connectivity index (χ1) is 7.20. The third kappa shape index (κ3) is 9.45. The highest BCUT2D eigenvalue weighted by molar-refractivity contribution is 5.76. The number of carboxylic acids is 1. The summed E-state index contributed by atoms with van der Waals surface area (Å²) in [7, 11) is 0. The molecule has 0 aliphatic rings. The van der Waals surface area contributed by atoms with E-state index in [4.69, 9.17) is 10.8 Å². The number of nitrogens with one attached hydrogen (secondary N) is 1. The minimum Gasteiger partial charge on any atom is -0.481 e. The molecule has 5 nitrogen and oxygen atoms in total. The maximum atomic E-state index is 11.4. The molecule has 0 fully saturated rings. The zero-order chi connectivity index (χ0) is 12.8. The lowest BCUT2D eigenvalue weighted by atomic mass is 10.00. The van der Waals surface area contributed by atoms with Crippen molar-refractivity contribution in [2.24, 2.45) is 5.73 Å². The molecule has 0 saturated carbocycles. The lowest BCUT2D eigenvalue weighted by Gasteiger charge is -2.19. The molecular formula is C11H22N2O3. The Morgan fingerprint density at radius 2 is 1.94 bits per heavy atom. The van der Waals surface area contributed by atoms with Gasteiger partial charge in [-0.2, -0.15) is 0 Å². The Bertz CT molecular complexity index is 246. The van der Waals surface area contributed by atoms with E-state index in [1.807, 2.05) is 13.8 Å². The van der Waals surface area contributed by atoms with Gasteiger partial charge in [0.15, 0.2) is 0 Å². The molecule has 0 spiro atoms. The van der Waals surface area contributed by atoms with E-state index in [2.05, 4.69) is 5.32 Å². The van der Waals surface area contributed by atoms with Crippen LogP contribution in [0.15, 0.2) is 0 Å². The molecule has 5 heteroatoms. The number of carbonyl (C=O) groups excluding carboxylic acids is 1. The van der Waals surface area contributed by atoms with Crippen molar-refractivity contribution in [2.75, 3.05) is 0 Å². The summed E-state index contributed by atoms with van der Waals surface area (Å²) < 4.78 is 0. The molecule has 0 radical (unpaired) electrons. The summed E-state index contributed by atoms with van der Waals surface area (Å²) >= 11 is 0. The normalized spacial score (nSPS) is 13.2. The second kappa shape index (κ2) is 6.48. The van der Waals surface area contributed by atoms with Crippen LogP contribution in [0.2, 0.25) is 0 Å². The highest BCUT2D eigenvalue weighted by atomic mass is 16.4. The number of carbonyl (C=O) groups is 2. The molecule has 1 amide bonds. The Kier molecular flexibility index (Phi) is 6.03. The van der Waals surface area contributed by atoms with Gasteiger partial charge in [-0.15, -0.1) is 0 Å². The highest BCUT2D eigenvalue weighted by Crippen LogP contribution is 2.07. The van der Waals surface area contributed by atoms with Crippen molar-refractivity contribution in [1.29, 1.82) is 0 Å². The van der Waals surface area contributed by atoms with Gasteiger partial charge >= 0.3 is 5.97 Å². The molecule has 4 N–H and O–H groups in total. The Hall–Kier alpha value is -1.10. The van der Waals surface area contributed by atoms with Gasteiger partial charge in [0.25, 0.3) is 0 Å². The molecule has 0 aromatic rings. The Balaban J connectivity index is 3.74. The number of aliphatic carboxylic acids is 1. The molecule has 0 aromatic carbocycles. The van der Waals surface area contributed by atoms with Crippen LogP contribution in [0.5, 0.6) is 0 Å². The molecule has 0 saturated heterocycles. The SMILES string of the molecule is CC(CCC(=O)O)NC(=O)CCC(C)(C)N. The van der Waals surface area contributed by atoms with Crippen molar-refractivity contribution in [1.82, 2.24) is 5.32 Å². The summed E-state index contributed by atoms with van der Waals surface area (Å²) in [6.45, 7) is 5.54. The van der Waals surface area contributed by atoms with Gasteiger partial charge in [-0.3, -0.25) is 9.59 Å². The van der Waals surface area contributed by atoms with Crippen LogP contribution in [0.3, 0.4) is 0 Å². The number of carboxylic acid groups (broad SMARTS) is 1. The molecule has 0 aliphatic heterocycles. The molecular weight excluding hydrogens is 208 g/mol. The standard InChI is InChI=1S/C11H22N2O3/c1-8(4-5-10(15)16)13-9(14)6-7-11(2,3)12/h8H,4-7,12H2,1-3H3,(H,13,14)(H,15,16). The first-order valence-corrected chi connectivity index (χ1v) is 5.51. The van der Waals surface area contributed by atoms with Crippen molar-refractivity contribution in [3.8, 4) is 0 Å². The average molecular weight is 230 g/mol. The highest BCUT2D eigenvalue weighted by Gasteiger charge is 2.14. The molecule has 16 heavy (non-hydrogen) atoms. The van der Waals surface area contributed by atoms with Crippen LogP contribution in [-0.4, -0.2) is 28.6 Å². The van der Waals surface area contributed by atoms with Gasteiger partial charge in [0, 0.05) is 24.4 Å². The van der Waals surface area contributed by atoms with Gasteiger partial charge in [-0.1, -0.05) is 0 Å². The van der Waals surface area contributed by atoms with Crippen LogP contribution < -0.4 is 11.1 Å². The molecule has 1 unspecified atom stereocenters. The summed E-state index contributed by atoms with van der Waals surface area (Å²) in [6.07, 6.45) is 1.52. The summed E-state index contributed by atoms with van der Waals surface area (Å²) in [4.78, 5) is 21.7. The summed E-state index contributed by atoms with van der Waals surface area (Å²) in [6, 6.07) is -0.107. The van der Waals surface area contributed by atoms with E-state index in [0.29, 0.717) is 19.3 Å². The largest absolute Gasteiger partial charge is 0.481 e. The third-order valence-corrected chi connectivity index (χ3v) is 2.20. The van der Waals surface area contributed by atoms with E-state index in [1.54, 1.807) is 6.92 Å². The molecule has 0 bridgehead atoms. The van der Waals surface area contributed by atoms with Gasteiger partial charge < -0.3 is 16.2 Å². The van der Waals surface area contributed by atoms with Crippen molar-refractivity contribution in [2.45, 2.75) is 58.0 Å². The van der Waals surface area contributed by atoms with Crippen LogP contribution in [0, 0.1) is 0 Å². The van der Waals surface area contributed by atoms with Crippen LogP contribution in [0.25, 0.3) is 0 Å². The second-order valence-corrected chi connectivity index (χ2v) is 4.89. The predicted molar refractivity (Wildman–Crippen MR) is 62.0 cm³/mol. The first-order valence-electron chi connectivity index (χ1n) is 5.51. The van der Waals surface area contributed by atoms with Crippen molar-refractivity contribution >= 4 is 11.9 Å². The van der Waals surface area contributed by atoms with E-state index in [1.165, 1.54) is 0 Å². The van der Waals surface area contributed by atoms with Crippen LogP contribution >= 0.6 is 0 Å². The van der Waals surface area contributed by atoms with E-state index < -0.39 is 5.97 Å². The minimum atomic E-state index is -0.843. The average Bonchev–Trinajstić information content (AvgIpc) is 2.10. The monoisotopic (exact) mass is 230 g/mol. The lowest BCUT2D eigenvalue weighted by Crippen LogP contribution is -2.37. The van der Waals surface area contributed by atoms with E-state index >= 15 is 0 Å². The number of rotatable bonds is 7. The van der Waals surface area contributed by atoms with Crippen LogP contribution in [0.1, 0.15) is 46.5 Å². The number of hydrogen-bond donors (Lipinski definition) is 3. The van der Waals surface area contributed by atoms with Gasteiger partial charge in [0.05, 0.1) is 0 Å². The zero-order valence-corrected chi connectivity index (χ0v) is 10.2. The molecule has 94 valence electrons. The van der Waals surface area contributed by atoms with Crippen LogP contribution in [-0.2, 0) is 9.59 Å².